The summed E-state index contributed by atoms with van der Waals surface area (Å²) < 4.78 is 0. The predicted molar refractivity (Wildman–Crippen MR) is 84.7 cm³/mol. The number of thiocarbonyl (C=S) groups is 1. The summed E-state index contributed by atoms with van der Waals surface area (Å²) in [7, 11) is 0. The van der Waals surface area contributed by atoms with Crippen LogP contribution in [0.1, 0.15) is 19.3 Å². The number of likely N-dealkylation sites (tertiary alicyclic amines) is 1. The van der Waals surface area contributed by atoms with Gasteiger partial charge in [-0.3, -0.25) is 0 Å². The molecule has 0 atom stereocenters. The Balaban J connectivity index is 1.93. The van der Waals surface area contributed by atoms with E-state index in [1.54, 1.807) is 12.1 Å². The van der Waals surface area contributed by atoms with Crippen molar-refractivity contribution in [3.63, 3.8) is 0 Å². The highest BCUT2D eigenvalue weighted by Gasteiger charge is 2.12. The maximum absolute atomic E-state index is 5.95. The summed E-state index contributed by atoms with van der Waals surface area (Å²) in [5.41, 5.74) is 6.81. The molecule has 1 aromatic carbocycles. The second-order valence-corrected chi connectivity index (χ2v) is 5.28. The van der Waals surface area contributed by atoms with E-state index in [0.717, 1.165) is 31.6 Å². The third kappa shape index (κ3) is 4.36. The van der Waals surface area contributed by atoms with Gasteiger partial charge in [-0.25, -0.2) is 0 Å². The molecule has 0 spiro atoms. The normalized spacial score (nSPS) is 16.3. The Morgan fingerprint density at radius 1 is 1.21 bits per heavy atom. The fourth-order valence-electron chi connectivity index (χ4n) is 1.98. The molecular formula is C13H17ClN4S. The second kappa shape index (κ2) is 6.73. The zero-order valence-corrected chi connectivity index (χ0v) is 12.2. The van der Waals surface area contributed by atoms with E-state index in [-0.39, 0.29) is 0 Å². The molecule has 6 heteroatoms. The van der Waals surface area contributed by atoms with Gasteiger partial charge in [-0.1, -0.05) is 11.6 Å². The number of rotatable bonds is 1. The number of benzene rings is 1. The summed E-state index contributed by atoms with van der Waals surface area (Å²) in [6, 6.07) is 7.29. The summed E-state index contributed by atoms with van der Waals surface area (Å²) in [5.74, 6) is 0.492. The number of nitrogens with two attached hydrogens (primary N) is 1. The fourth-order valence-corrected chi connectivity index (χ4v) is 2.32. The number of piperidine rings is 1. The van der Waals surface area contributed by atoms with Crippen LogP contribution in [0.2, 0.25) is 5.02 Å². The first-order chi connectivity index (χ1) is 9.15. The van der Waals surface area contributed by atoms with Crippen molar-refractivity contribution in [2.75, 3.05) is 18.4 Å². The second-order valence-electron chi connectivity index (χ2n) is 4.45. The molecule has 2 rings (SSSR count). The van der Waals surface area contributed by atoms with Gasteiger partial charge in [0.15, 0.2) is 5.96 Å². The van der Waals surface area contributed by atoms with E-state index in [9.17, 15) is 0 Å². The van der Waals surface area contributed by atoms with Crippen molar-refractivity contribution >= 4 is 40.6 Å². The minimum atomic E-state index is 0.366. The topological polar surface area (TPSA) is 53.6 Å². The SMILES string of the molecule is N/C(=N\C(=S)Nc1ccc(Cl)cc1)N1CCCCC1. The van der Waals surface area contributed by atoms with Crippen molar-refractivity contribution in [1.29, 1.82) is 0 Å². The van der Waals surface area contributed by atoms with Crippen LogP contribution in [0.4, 0.5) is 5.69 Å². The summed E-state index contributed by atoms with van der Waals surface area (Å²) >= 11 is 11.0. The van der Waals surface area contributed by atoms with E-state index in [1.807, 2.05) is 12.1 Å². The zero-order valence-electron chi connectivity index (χ0n) is 10.6. The number of nitrogens with one attached hydrogen (secondary N) is 1. The molecule has 1 aromatic rings. The van der Waals surface area contributed by atoms with Gasteiger partial charge in [0.2, 0.25) is 5.11 Å². The van der Waals surface area contributed by atoms with Gasteiger partial charge in [0, 0.05) is 23.8 Å². The molecule has 0 aliphatic carbocycles. The Labute approximate surface area is 123 Å². The van der Waals surface area contributed by atoms with E-state index < -0.39 is 0 Å². The lowest BCUT2D eigenvalue weighted by Crippen LogP contribution is -2.41. The number of aliphatic imine (C=N–C) groups is 1. The summed E-state index contributed by atoms with van der Waals surface area (Å²) in [5, 5.41) is 4.07. The number of hydrogen-bond donors (Lipinski definition) is 2. The Morgan fingerprint density at radius 2 is 1.84 bits per heavy atom. The molecule has 0 radical (unpaired) electrons. The number of anilines is 1. The Kier molecular flexibility index (Phi) is 4.99. The van der Waals surface area contributed by atoms with Gasteiger partial charge in [-0.05, 0) is 55.7 Å². The van der Waals surface area contributed by atoms with Crippen LogP contribution in [0.25, 0.3) is 0 Å². The third-order valence-corrected chi connectivity index (χ3v) is 3.44. The van der Waals surface area contributed by atoms with Crippen LogP contribution in [0.15, 0.2) is 29.3 Å². The van der Waals surface area contributed by atoms with Gasteiger partial charge in [-0.2, -0.15) is 4.99 Å². The highest BCUT2D eigenvalue weighted by molar-refractivity contribution is 7.80. The van der Waals surface area contributed by atoms with Crippen molar-refractivity contribution in [1.82, 2.24) is 4.90 Å². The Hall–Kier alpha value is -1.33. The number of guanidine groups is 1. The van der Waals surface area contributed by atoms with Gasteiger partial charge in [0.1, 0.15) is 0 Å². The lowest BCUT2D eigenvalue weighted by atomic mass is 10.1. The molecule has 102 valence electrons. The maximum atomic E-state index is 5.95. The molecule has 0 amide bonds. The van der Waals surface area contributed by atoms with E-state index in [4.69, 9.17) is 29.6 Å². The molecule has 1 fully saturated rings. The Bertz CT molecular complexity index is 466. The van der Waals surface area contributed by atoms with Crippen molar-refractivity contribution < 1.29 is 0 Å². The van der Waals surface area contributed by atoms with Crippen LogP contribution in [0, 0.1) is 0 Å². The molecule has 4 nitrogen and oxygen atoms in total. The van der Waals surface area contributed by atoms with Crippen molar-refractivity contribution in [2.24, 2.45) is 10.7 Å². The first-order valence-electron chi connectivity index (χ1n) is 6.31. The van der Waals surface area contributed by atoms with Crippen molar-refractivity contribution in [3.05, 3.63) is 29.3 Å². The van der Waals surface area contributed by atoms with E-state index in [0.29, 0.717) is 16.1 Å². The molecule has 1 aliphatic rings. The van der Waals surface area contributed by atoms with Crippen molar-refractivity contribution in [3.8, 4) is 0 Å². The molecule has 19 heavy (non-hydrogen) atoms. The Morgan fingerprint density at radius 3 is 2.47 bits per heavy atom. The summed E-state index contributed by atoms with van der Waals surface area (Å²) in [6.07, 6.45) is 3.58. The predicted octanol–water partition coefficient (Wildman–Crippen LogP) is 2.84. The first kappa shape index (κ1) is 14.1. The quantitative estimate of drug-likeness (QED) is 0.475. The van der Waals surface area contributed by atoms with E-state index in [2.05, 4.69) is 15.2 Å². The van der Waals surface area contributed by atoms with Crippen molar-refractivity contribution in [2.45, 2.75) is 19.3 Å². The monoisotopic (exact) mass is 296 g/mol. The number of hydrogen-bond acceptors (Lipinski definition) is 1. The zero-order chi connectivity index (χ0) is 13.7. The molecule has 3 N–H and O–H groups in total. The first-order valence-corrected chi connectivity index (χ1v) is 7.09. The van der Waals surface area contributed by atoms with Gasteiger partial charge in [0.05, 0.1) is 0 Å². The summed E-state index contributed by atoms with van der Waals surface area (Å²) in [4.78, 5) is 6.29. The van der Waals surface area contributed by atoms with Crippen LogP contribution < -0.4 is 11.1 Å². The standard InChI is InChI=1S/C13H17ClN4S/c14-10-4-6-11(7-5-10)16-13(19)17-12(15)18-8-2-1-3-9-18/h4-7H,1-3,8-9H2,(H3,15,16,17,19). The molecule has 0 bridgehead atoms. The molecule has 0 aromatic heterocycles. The van der Waals surface area contributed by atoms with Crippen LogP contribution in [0.3, 0.4) is 0 Å². The fraction of sp³-hybridized carbons (Fsp3) is 0.385. The number of nitrogens with zero attached hydrogens (tertiary/aromatic N) is 2. The third-order valence-electron chi connectivity index (χ3n) is 2.99. The minimum absolute atomic E-state index is 0.366. The van der Waals surface area contributed by atoms with Crippen LogP contribution in [-0.2, 0) is 0 Å². The molecule has 0 saturated carbocycles. The van der Waals surface area contributed by atoms with E-state index in [1.165, 1.54) is 6.42 Å². The van der Waals surface area contributed by atoms with Crippen LogP contribution in [-0.4, -0.2) is 29.1 Å². The van der Waals surface area contributed by atoms with Crippen LogP contribution in [0.5, 0.6) is 0 Å². The van der Waals surface area contributed by atoms with Crippen LogP contribution >= 0.6 is 23.8 Å². The largest absolute Gasteiger partial charge is 0.369 e. The average Bonchev–Trinajstić information content (AvgIpc) is 2.42. The smallest absolute Gasteiger partial charge is 0.200 e. The summed E-state index contributed by atoms with van der Waals surface area (Å²) in [6.45, 7) is 1.91. The molecule has 1 heterocycles. The lowest BCUT2D eigenvalue weighted by molar-refractivity contribution is 0.339. The van der Waals surface area contributed by atoms with Gasteiger partial charge >= 0.3 is 0 Å². The lowest BCUT2D eigenvalue weighted by Gasteiger charge is -2.27. The molecular weight excluding hydrogens is 280 g/mol. The molecule has 0 unspecified atom stereocenters. The molecule has 1 saturated heterocycles. The van der Waals surface area contributed by atoms with Gasteiger partial charge in [0.25, 0.3) is 0 Å². The minimum Gasteiger partial charge on any atom is -0.369 e. The number of halogens is 1. The average molecular weight is 297 g/mol. The van der Waals surface area contributed by atoms with E-state index >= 15 is 0 Å². The van der Waals surface area contributed by atoms with Gasteiger partial charge < -0.3 is 16.0 Å². The highest BCUT2D eigenvalue weighted by atomic mass is 35.5. The highest BCUT2D eigenvalue weighted by Crippen LogP contribution is 2.13. The molecule has 1 aliphatic heterocycles. The maximum Gasteiger partial charge on any atom is 0.200 e. The van der Waals surface area contributed by atoms with Gasteiger partial charge in [-0.15, -0.1) is 0 Å².